The Bertz CT molecular complexity index is 997. The summed E-state index contributed by atoms with van der Waals surface area (Å²) in [6.45, 7) is 17.3. The lowest BCUT2D eigenvalue weighted by atomic mass is 9.87. The Balaban J connectivity index is 1.54. The highest BCUT2D eigenvalue weighted by molar-refractivity contribution is 5.97. The summed E-state index contributed by atoms with van der Waals surface area (Å²) in [6.07, 6.45) is 0.608. The quantitative estimate of drug-likeness (QED) is 0.572. The number of hydrogen-bond acceptors (Lipinski definition) is 4. The van der Waals surface area contributed by atoms with Gasteiger partial charge in [0.2, 0.25) is 5.91 Å². The standard InChI is InChI=1S/C29H41N3O3/c1-21(2)20-26(33)32-18-16-31(17-19-32)24-12-10-23(11-13-24)30-27(34)29(6,7)35-25-14-8-22(9-15-25)28(3,4)5/h8-15,21H,16-20H2,1-7H3,(H,30,34). The zero-order chi connectivity index (χ0) is 25.8. The zero-order valence-corrected chi connectivity index (χ0v) is 22.4. The minimum Gasteiger partial charge on any atom is -0.478 e. The molecule has 0 atom stereocenters. The van der Waals surface area contributed by atoms with E-state index >= 15 is 0 Å². The van der Waals surface area contributed by atoms with Crippen molar-refractivity contribution in [2.45, 2.75) is 65.9 Å². The summed E-state index contributed by atoms with van der Waals surface area (Å²) < 4.78 is 6.02. The second-order valence-electron chi connectivity index (χ2n) is 11.4. The lowest BCUT2D eigenvalue weighted by Crippen LogP contribution is -2.49. The summed E-state index contributed by atoms with van der Waals surface area (Å²) in [5.41, 5.74) is 2.07. The number of ether oxygens (including phenoxy) is 1. The molecular weight excluding hydrogens is 438 g/mol. The van der Waals surface area contributed by atoms with Gasteiger partial charge in [-0.25, -0.2) is 0 Å². The van der Waals surface area contributed by atoms with Crippen LogP contribution in [-0.2, 0) is 15.0 Å². The minimum absolute atomic E-state index is 0.0658. The van der Waals surface area contributed by atoms with E-state index in [4.69, 9.17) is 4.74 Å². The maximum atomic E-state index is 12.9. The number of hydrogen-bond donors (Lipinski definition) is 1. The molecule has 0 unspecified atom stereocenters. The van der Waals surface area contributed by atoms with Crippen LogP contribution in [0.25, 0.3) is 0 Å². The van der Waals surface area contributed by atoms with Gasteiger partial charge >= 0.3 is 0 Å². The summed E-state index contributed by atoms with van der Waals surface area (Å²) in [5.74, 6) is 1.09. The van der Waals surface area contributed by atoms with Gasteiger partial charge in [-0.3, -0.25) is 9.59 Å². The number of carbonyl (C=O) groups excluding carboxylic acids is 2. The molecule has 1 fully saturated rings. The van der Waals surface area contributed by atoms with Gasteiger partial charge in [0, 0.05) is 44.0 Å². The van der Waals surface area contributed by atoms with E-state index in [1.807, 2.05) is 53.4 Å². The Morgan fingerprint density at radius 2 is 1.46 bits per heavy atom. The monoisotopic (exact) mass is 479 g/mol. The lowest BCUT2D eigenvalue weighted by Gasteiger charge is -2.36. The molecule has 0 spiro atoms. The first-order chi connectivity index (χ1) is 16.3. The molecule has 1 saturated heterocycles. The van der Waals surface area contributed by atoms with Crippen LogP contribution < -0.4 is 15.0 Å². The molecule has 2 amide bonds. The SMILES string of the molecule is CC(C)CC(=O)N1CCN(c2ccc(NC(=O)C(C)(C)Oc3ccc(C(C)(C)C)cc3)cc2)CC1. The number of anilines is 2. The Morgan fingerprint density at radius 3 is 1.97 bits per heavy atom. The van der Waals surface area contributed by atoms with Gasteiger partial charge < -0.3 is 19.9 Å². The van der Waals surface area contributed by atoms with E-state index in [0.717, 1.165) is 37.6 Å². The molecule has 2 aromatic carbocycles. The Labute approximate surface area is 210 Å². The van der Waals surface area contributed by atoms with Crippen LogP contribution in [0.3, 0.4) is 0 Å². The van der Waals surface area contributed by atoms with E-state index in [-0.39, 0.29) is 17.2 Å². The third kappa shape index (κ3) is 7.23. The summed E-state index contributed by atoms with van der Waals surface area (Å²) in [5, 5.41) is 2.97. The van der Waals surface area contributed by atoms with Crippen LogP contribution in [-0.4, -0.2) is 48.5 Å². The van der Waals surface area contributed by atoms with Crippen LogP contribution in [0.1, 0.15) is 60.5 Å². The summed E-state index contributed by atoms with van der Waals surface area (Å²) >= 11 is 0. The summed E-state index contributed by atoms with van der Waals surface area (Å²) in [4.78, 5) is 29.5. The van der Waals surface area contributed by atoms with Crippen LogP contribution in [0, 0.1) is 5.92 Å². The Morgan fingerprint density at radius 1 is 0.886 bits per heavy atom. The number of amides is 2. The Hall–Kier alpha value is -3.02. The van der Waals surface area contributed by atoms with Gasteiger partial charge in [-0.1, -0.05) is 46.8 Å². The van der Waals surface area contributed by atoms with Crippen LogP contribution in [0.15, 0.2) is 48.5 Å². The maximum absolute atomic E-state index is 12.9. The van der Waals surface area contributed by atoms with Gasteiger partial charge in [-0.2, -0.15) is 0 Å². The van der Waals surface area contributed by atoms with Crippen LogP contribution in [0.2, 0.25) is 0 Å². The number of rotatable bonds is 7. The molecule has 0 radical (unpaired) electrons. The molecule has 6 nitrogen and oxygen atoms in total. The highest BCUT2D eigenvalue weighted by Gasteiger charge is 2.30. The van der Waals surface area contributed by atoms with Gasteiger partial charge in [0.15, 0.2) is 5.60 Å². The largest absolute Gasteiger partial charge is 0.478 e. The molecule has 3 rings (SSSR count). The number of nitrogens with one attached hydrogen (secondary N) is 1. The zero-order valence-electron chi connectivity index (χ0n) is 22.4. The molecule has 190 valence electrons. The molecule has 1 heterocycles. The first-order valence-corrected chi connectivity index (χ1v) is 12.6. The number of benzene rings is 2. The minimum atomic E-state index is -1.03. The molecule has 1 aliphatic heterocycles. The van der Waals surface area contributed by atoms with E-state index in [2.05, 4.69) is 44.8 Å². The first-order valence-electron chi connectivity index (χ1n) is 12.6. The van der Waals surface area contributed by atoms with E-state index < -0.39 is 5.60 Å². The van der Waals surface area contributed by atoms with Crippen LogP contribution in [0.5, 0.6) is 5.75 Å². The average molecular weight is 480 g/mol. The number of piperazine rings is 1. The predicted octanol–water partition coefficient (Wildman–Crippen LogP) is 5.47. The molecule has 0 aromatic heterocycles. The fourth-order valence-electron chi connectivity index (χ4n) is 4.09. The van der Waals surface area contributed by atoms with Crippen molar-refractivity contribution in [3.05, 3.63) is 54.1 Å². The van der Waals surface area contributed by atoms with Gasteiger partial charge in [0.05, 0.1) is 0 Å². The normalized spacial score (nSPS) is 14.7. The van der Waals surface area contributed by atoms with Crippen molar-refractivity contribution in [1.82, 2.24) is 4.90 Å². The van der Waals surface area contributed by atoms with Gasteiger partial charge in [0.1, 0.15) is 5.75 Å². The molecular formula is C29H41N3O3. The van der Waals surface area contributed by atoms with Crippen molar-refractivity contribution >= 4 is 23.2 Å². The molecule has 0 aliphatic carbocycles. The van der Waals surface area contributed by atoms with Gasteiger partial charge in [-0.05, 0) is 67.1 Å². The third-order valence-electron chi connectivity index (χ3n) is 6.35. The van der Waals surface area contributed by atoms with Crippen LogP contribution in [0.4, 0.5) is 11.4 Å². The fraction of sp³-hybridized carbons (Fsp3) is 0.517. The molecule has 35 heavy (non-hydrogen) atoms. The van der Waals surface area contributed by atoms with Crippen molar-refractivity contribution in [2.24, 2.45) is 5.92 Å². The fourth-order valence-corrected chi connectivity index (χ4v) is 4.09. The predicted molar refractivity (Wildman–Crippen MR) is 143 cm³/mol. The number of nitrogens with zero attached hydrogens (tertiary/aromatic N) is 2. The maximum Gasteiger partial charge on any atom is 0.267 e. The van der Waals surface area contributed by atoms with Gasteiger partial charge in [-0.15, -0.1) is 0 Å². The average Bonchev–Trinajstić information content (AvgIpc) is 2.79. The topological polar surface area (TPSA) is 61.9 Å². The summed E-state index contributed by atoms with van der Waals surface area (Å²) in [7, 11) is 0. The number of carbonyl (C=O) groups is 2. The molecule has 0 saturated carbocycles. The molecule has 0 bridgehead atoms. The molecule has 6 heteroatoms. The van der Waals surface area contributed by atoms with Crippen molar-refractivity contribution in [2.75, 3.05) is 36.4 Å². The highest BCUT2D eigenvalue weighted by atomic mass is 16.5. The van der Waals surface area contributed by atoms with Gasteiger partial charge in [0.25, 0.3) is 5.91 Å². The van der Waals surface area contributed by atoms with Crippen LogP contribution >= 0.6 is 0 Å². The third-order valence-corrected chi connectivity index (χ3v) is 6.35. The second-order valence-corrected chi connectivity index (χ2v) is 11.4. The van der Waals surface area contributed by atoms with E-state index in [1.54, 1.807) is 13.8 Å². The summed E-state index contributed by atoms with van der Waals surface area (Å²) in [6, 6.07) is 15.8. The van der Waals surface area contributed by atoms with Crippen molar-refractivity contribution in [1.29, 1.82) is 0 Å². The second kappa shape index (κ2) is 10.7. The highest BCUT2D eigenvalue weighted by Crippen LogP contribution is 2.27. The van der Waals surface area contributed by atoms with E-state index in [0.29, 0.717) is 18.1 Å². The lowest BCUT2D eigenvalue weighted by molar-refractivity contribution is -0.132. The molecule has 2 aromatic rings. The van der Waals surface area contributed by atoms with Crippen molar-refractivity contribution in [3.8, 4) is 5.75 Å². The van der Waals surface area contributed by atoms with E-state index in [9.17, 15) is 9.59 Å². The molecule has 1 N–H and O–H groups in total. The van der Waals surface area contributed by atoms with Crippen molar-refractivity contribution < 1.29 is 14.3 Å². The van der Waals surface area contributed by atoms with E-state index in [1.165, 1.54) is 5.56 Å². The van der Waals surface area contributed by atoms with Crippen molar-refractivity contribution in [3.63, 3.8) is 0 Å². The Kier molecular flexibility index (Phi) is 8.14. The molecule has 1 aliphatic rings. The first kappa shape index (κ1) is 26.6. The smallest absolute Gasteiger partial charge is 0.267 e.